The van der Waals surface area contributed by atoms with Gasteiger partial charge in [0.05, 0.1) is 0 Å². The summed E-state index contributed by atoms with van der Waals surface area (Å²) in [6.07, 6.45) is 0.833. The molecule has 0 unspecified atom stereocenters. The van der Waals surface area contributed by atoms with Crippen molar-refractivity contribution >= 4 is 31.3 Å². The first-order valence-electron chi connectivity index (χ1n) is 2.11. The average molecular weight is 124 g/mol. The van der Waals surface area contributed by atoms with Crippen LogP contribution >= 0.6 is 0 Å². The molecule has 0 atom stereocenters. The molecule has 0 aliphatic rings. The molecule has 0 rings (SSSR count). The van der Waals surface area contributed by atoms with E-state index in [4.69, 9.17) is 5.11 Å². The molecule has 0 fully saturated rings. The van der Waals surface area contributed by atoms with E-state index in [1.807, 2.05) is 32.3 Å². The Kier molecular flexibility index (Phi) is 13.4. The van der Waals surface area contributed by atoms with E-state index in [1.54, 1.807) is 0 Å². The van der Waals surface area contributed by atoms with Crippen molar-refractivity contribution in [3.63, 3.8) is 0 Å². The van der Waals surface area contributed by atoms with Crippen molar-refractivity contribution in [2.24, 2.45) is 0 Å². The Morgan fingerprint density at radius 3 is 2.00 bits per heavy atom. The van der Waals surface area contributed by atoms with Crippen molar-refractivity contribution in [2.45, 2.75) is 6.92 Å². The molecule has 0 spiro atoms. The Balaban J connectivity index is 0. The summed E-state index contributed by atoms with van der Waals surface area (Å²) in [5.74, 6) is -0.981. The second kappa shape index (κ2) is 9.96. The van der Waals surface area contributed by atoms with Gasteiger partial charge in [0, 0.05) is 6.08 Å². The van der Waals surface area contributed by atoms with Crippen molar-refractivity contribution in [1.29, 1.82) is 0 Å². The third-order valence-electron chi connectivity index (χ3n) is 0.175. The molecule has 0 saturated heterocycles. The van der Waals surface area contributed by atoms with E-state index in [0.717, 1.165) is 6.08 Å². The van der Waals surface area contributed by atoms with Crippen LogP contribution in [0.1, 0.15) is 6.92 Å². The molecule has 0 bridgehead atoms. The minimum absolute atomic E-state index is 0.833. The monoisotopic (exact) mass is 124 g/mol. The molecule has 0 radical (unpaired) electrons. The van der Waals surface area contributed by atoms with E-state index in [9.17, 15) is 4.79 Å². The maximum absolute atomic E-state index is 9.25. The topological polar surface area (TPSA) is 37.3 Å². The number of hydrogen-bond acceptors (Lipinski definition) is 1. The van der Waals surface area contributed by atoms with Crippen LogP contribution in [0.5, 0.6) is 0 Å². The number of carboxylic acid groups (broad SMARTS) is 1. The van der Waals surface area contributed by atoms with Crippen LogP contribution in [0.4, 0.5) is 0 Å². The fraction of sp³-hybridized carbons (Fsp3) is 0.200. The number of carbonyl (C=O) groups is 1. The first-order valence-corrected chi connectivity index (χ1v) is 2.93. The van der Waals surface area contributed by atoms with Crippen LogP contribution in [0.3, 0.4) is 0 Å². The first kappa shape index (κ1) is 10.8. The van der Waals surface area contributed by atoms with Crippen LogP contribution in [0.2, 0.25) is 0 Å². The van der Waals surface area contributed by atoms with Gasteiger partial charge in [-0.1, -0.05) is 6.58 Å². The number of aliphatic carboxylic acids is 1. The number of hydrogen-bond donors (Lipinski definition) is 1. The van der Waals surface area contributed by atoms with Crippen LogP contribution in [-0.2, 0) is 4.79 Å². The molecule has 42 valence electrons. The van der Waals surface area contributed by atoms with Gasteiger partial charge in [0.15, 0.2) is 0 Å². The van der Waals surface area contributed by atoms with Gasteiger partial charge in [0.25, 0.3) is 0 Å². The zero-order valence-electron chi connectivity index (χ0n) is 4.92. The summed E-state index contributed by atoms with van der Waals surface area (Å²) in [6, 6.07) is 0. The molecule has 0 aliphatic carbocycles. The molecule has 0 heterocycles. The van der Waals surface area contributed by atoms with Crippen LogP contribution in [0, 0.1) is 0 Å². The van der Waals surface area contributed by atoms with Gasteiger partial charge >= 0.3 is 38.3 Å². The molecule has 0 saturated carbocycles. The number of rotatable bonds is 1. The molecule has 0 amide bonds. The average Bonchev–Trinajstić information content (AvgIpc) is 1.69. The van der Waals surface area contributed by atoms with Gasteiger partial charge in [-0.25, -0.2) is 4.79 Å². The molecular weight excluding hydrogens is 116 g/mol. The Labute approximate surface area is 61.1 Å². The summed E-state index contributed by atoms with van der Waals surface area (Å²) >= 11 is 1.85. The second-order valence-corrected chi connectivity index (χ2v) is 1.77. The molecule has 0 aromatic heterocycles. The van der Waals surface area contributed by atoms with Crippen molar-refractivity contribution in [3.05, 3.63) is 12.7 Å². The molecule has 0 aliphatic heterocycles. The third kappa shape index (κ3) is 40.3. The summed E-state index contributed by atoms with van der Waals surface area (Å²) in [5.41, 5.74) is 0. The van der Waals surface area contributed by atoms with Crippen LogP contribution in [0.15, 0.2) is 12.7 Å². The van der Waals surface area contributed by atoms with Crippen molar-refractivity contribution in [2.75, 3.05) is 0 Å². The maximum atomic E-state index is 9.25. The van der Waals surface area contributed by atoms with Gasteiger partial charge in [-0.3, -0.25) is 0 Å². The second-order valence-electron chi connectivity index (χ2n) is 0.951. The summed E-state index contributed by atoms with van der Waals surface area (Å²) in [4.78, 5) is 9.25. The zero-order valence-corrected chi connectivity index (χ0v) is 6.34. The number of carboxylic acids is 1. The molecule has 2 nitrogen and oxygen atoms in total. The molecule has 3 heteroatoms. The van der Waals surface area contributed by atoms with Gasteiger partial charge in [-0.15, -0.1) is 0 Å². The van der Waals surface area contributed by atoms with Crippen LogP contribution in [-0.4, -0.2) is 36.5 Å². The Bertz CT molecular complexity index is 88.4. The first-order chi connectivity index (χ1) is 3.68. The van der Waals surface area contributed by atoms with Gasteiger partial charge < -0.3 is 5.11 Å². The molecular formula is C5H8MgO2. The fourth-order valence-corrected chi connectivity index (χ4v) is 0. The third-order valence-corrected chi connectivity index (χ3v) is 0.175. The summed E-state index contributed by atoms with van der Waals surface area (Å²) in [7, 11) is 0. The zero-order chi connectivity index (χ0) is 6.99. The summed E-state index contributed by atoms with van der Waals surface area (Å²) in [6.45, 7) is 4.97. The normalized spacial score (nSPS) is 5.88. The predicted molar refractivity (Wildman–Crippen MR) is 35.3 cm³/mol. The van der Waals surface area contributed by atoms with E-state index in [0.29, 0.717) is 0 Å². The van der Waals surface area contributed by atoms with E-state index in [2.05, 4.69) is 6.58 Å². The van der Waals surface area contributed by atoms with Crippen molar-refractivity contribution < 1.29 is 9.90 Å². The van der Waals surface area contributed by atoms with Gasteiger partial charge in [0.2, 0.25) is 0 Å². The van der Waals surface area contributed by atoms with Crippen molar-refractivity contribution in [3.8, 4) is 0 Å². The molecule has 0 aromatic rings. The van der Waals surface area contributed by atoms with E-state index < -0.39 is 5.97 Å². The summed E-state index contributed by atoms with van der Waals surface area (Å²) < 4.78 is 2.03. The molecule has 1 N–H and O–H groups in total. The molecule has 8 heavy (non-hydrogen) atoms. The Hall–Kier alpha value is -0.154. The summed E-state index contributed by atoms with van der Waals surface area (Å²) in [5, 5.41) is 7.60. The predicted octanol–water partition coefficient (Wildman–Crippen LogP) is 0.234. The van der Waals surface area contributed by atoms with Crippen LogP contribution < -0.4 is 0 Å². The van der Waals surface area contributed by atoms with E-state index >= 15 is 0 Å². The van der Waals surface area contributed by atoms with E-state index in [-0.39, 0.29) is 0 Å². The van der Waals surface area contributed by atoms with Crippen molar-refractivity contribution in [1.82, 2.24) is 0 Å². The van der Waals surface area contributed by atoms with Gasteiger partial charge in [-0.2, -0.15) is 0 Å². The van der Waals surface area contributed by atoms with E-state index in [1.165, 1.54) is 0 Å². The van der Waals surface area contributed by atoms with Crippen LogP contribution in [0.25, 0.3) is 0 Å². The minimum atomic E-state index is -0.981. The Morgan fingerprint density at radius 1 is 1.88 bits per heavy atom. The Morgan fingerprint density at radius 2 is 2.00 bits per heavy atom. The quantitative estimate of drug-likeness (QED) is 0.401. The standard InChI is InChI=1S/C3H4O2.C2H4.Mg/c1-2-3(4)5;1-2;/h2H,1H2,(H,4,5);1H,2H3;. The fourth-order valence-electron chi connectivity index (χ4n) is 0. The molecule has 0 aromatic carbocycles. The van der Waals surface area contributed by atoms with Gasteiger partial charge in [-0.05, 0) is 0 Å². The SMILES string of the molecule is C=CC(=O)O.C[CH]=[Mg]. The van der Waals surface area contributed by atoms with Gasteiger partial charge in [0.1, 0.15) is 0 Å².